The minimum Gasteiger partial charge on any atom is -0.454 e. The summed E-state index contributed by atoms with van der Waals surface area (Å²) in [5.41, 5.74) is 2.27. The van der Waals surface area contributed by atoms with Crippen LogP contribution in [0.2, 0.25) is 0 Å². The molecule has 0 saturated heterocycles. The zero-order valence-corrected chi connectivity index (χ0v) is 19.6. The maximum absolute atomic E-state index is 13.6. The number of ether oxygens (including phenoxy) is 3. The number of hydrogen-bond acceptors (Lipinski definition) is 6. The van der Waals surface area contributed by atoms with Crippen molar-refractivity contribution < 1.29 is 28.2 Å². The van der Waals surface area contributed by atoms with Gasteiger partial charge < -0.3 is 19.1 Å². The first-order valence-corrected chi connectivity index (χ1v) is 11.9. The molecule has 0 spiro atoms. The summed E-state index contributed by atoms with van der Waals surface area (Å²) < 4.78 is 29.6. The molecule has 0 bridgehead atoms. The Morgan fingerprint density at radius 1 is 1.14 bits per heavy atom. The Morgan fingerprint density at radius 2 is 1.91 bits per heavy atom. The van der Waals surface area contributed by atoms with Crippen LogP contribution in [0, 0.1) is 11.7 Å². The highest BCUT2D eigenvalue weighted by atomic mass is 19.1. The number of hydrogen-bond donors (Lipinski definition) is 0. The summed E-state index contributed by atoms with van der Waals surface area (Å²) in [6, 6.07) is 11.3. The summed E-state index contributed by atoms with van der Waals surface area (Å²) in [4.78, 5) is 28.1. The molecule has 1 fully saturated rings. The van der Waals surface area contributed by atoms with Gasteiger partial charge in [-0.15, -0.1) is 0 Å². The maximum atomic E-state index is 13.6. The maximum Gasteiger partial charge on any atom is 0.262 e. The van der Waals surface area contributed by atoms with E-state index in [2.05, 4.69) is 5.10 Å². The summed E-state index contributed by atoms with van der Waals surface area (Å²) in [7, 11) is 1.57. The van der Waals surface area contributed by atoms with Gasteiger partial charge in [0.15, 0.2) is 11.5 Å². The minimum absolute atomic E-state index is 0.0109. The van der Waals surface area contributed by atoms with E-state index in [0.717, 1.165) is 30.4 Å². The van der Waals surface area contributed by atoms with Gasteiger partial charge in [-0.05, 0) is 48.2 Å². The lowest BCUT2D eigenvalue weighted by Gasteiger charge is -2.32. The van der Waals surface area contributed by atoms with Gasteiger partial charge in [-0.2, -0.15) is 5.10 Å². The van der Waals surface area contributed by atoms with Crippen molar-refractivity contribution in [3.05, 3.63) is 59.4 Å². The van der Waals surface area contributed by atoms with Crippen LogP contribution in [0.5, 0.6) is 11.5 Å². The van der Waals surface area contributed by atoms with E-state index in [-0.39, 0.29) is 42.9 Å². The lowest BCUT2D eigenvalue weighted by molar-refractivity contribution is -0.146. The van der Waals surface area contributed by atoms with Crippen molar-refractivity contribution in [3.63, 3.8) is 0 Å². The quantitative estimate of drug-likeness (QED) is 0.577. The molecule has 2 heterocycles. The second-order valence-corrected chi connectivity index (χ2v) is 9.00. The molecule has 0 aromatic heterocycles. The molecule has 2 aliphatic heterocycles. The van der Waals surface area contributed by atoms with Gasteiger partial charge >= 0.3 is 0 Å². The first-order chi connectivity index (χ1) is 17.0. The van der Waals surface area contributed by atoms with Crippen molar-refractivity contribution in [1.29, 1.82) is 0 Å². The molecule has 0 N–H and O–H groups in total. The van der Waals surface area contributed by atoms with E-state index < -0.39 is 0 Å². The molecule has 3 aliphatic rings. The van der Waals surface area contributed by atoms with Crippen LogP contribution in [0.15, 0.2) is 47.6 Å². The number of carbonyl (C=O) groups is 2. The van der Waals surface area contributed by atoms with Crippen LogP contribution in [-0.2, 0) is 14.3 Å². The Hall–Kier alpha value is -3.46. The number of halogens is 1. The van der Waals surface area contributed by atoms with Crippen molar-refractivity contribution in [2.24, 2.45) is 11.0 Å². The third kappa shape index (κ3) is 4.86. The molecule has 2 aromatic rings. The largest absolute Gasteiger partial charge is 0.454 e. The van der Waals surface area contributed by atoms with Crippen LogP contribution in [0.1, 0.15) is 42.9 Å². The van der Waals surface area contributed by atoms with E-state index in [1.165, 1.54) is 17.1 Å². The van der Waals surface area contributed by atoms with Crippen LogP contribution in [0.25, 0.3) is 0 Å². The highest BCUT2D eigenvalue weighted by Crippen LogP contribution is 2.39. The summed E-state index contributed by atoms with van der Waals surface area (Å²) in [5, 5.41) is 6.10. The summed E-state index contributed by atoms with van der Waals surface area (Å²) in [6.07, 6.45) is 3.19. The van der Waals surface area contributed by atoms with E-state index >= 15 is 0 Å². The fourth-order valence-corrected chi connectivity index (χ4v) is 4.55. The smallest absolute Gasteiger partial charge is 0.262 e. The fraction of sp³-hybridized carbons (Fsp3) is 0.423. The van der Waals surface area contributed by atoms with Gasteiger partial charge in [0.05, 0.1) is 18.4 Å². The molecule has 9 heteroatoms. The number of benzene rings is 2. The zero-order valence-electron chi connectivity index (χ0n) is 19.6. The molecular weight excluding hydrogens is 453 g/mol. The molecule has 1 unspecified atom stereocenters. The van der Waals surface area contributed by atoms with Crippen LogP contribution >= 0.6 is 0 Å². The monoisotopic (exact) mass is 481 g/mol. The summed E-state index contributed by atoms with van der Waals surface area (Å²) in [5.74, 6) is 0.613. The molecule has 1 atom stereocenters. The molecular formula is C26H28FN3O5. The SMILES string of the molecule is COCCN(CC(=O)N1N=C(c2ccc(F)cc2)CC1c1ccc2c(c1)OCO2)C(=O)C1CCC1. The number of fused-ring (bicyclic) bond motifs is 1. The van der Waals surface area contributed by atoms with E-state index in [1.54, 1.807) is 24.1 Å². The number of nitrogens with zero attached hydrogens (tertiary/aromatic N) is 3. The van der Waals surface area contributed by atoms with Gasteiger partial charge in [0.1, 0.15) is 12.4 Å². The van der Waals surface area contributed by atoms with Gasteiger partial charge in [0.25, 0.3) is 5.91 Å². The summed E-state index contributed by atoms with van der Waals surface area (Å²) >= 11 is 0. The van der Waals surface area contributed by atoms with Crippen LogP contribution in [-0.4, -0.2) is 61.0 Å². The molecule has 1 aliphatic carbocycles. The first kappa shape index (κ1) is 23.3. The van der Waals surface area contributed by atoms with E-state index in [0.29, 0.717) is 36.8 Å². The van der Waals surface area contributed by atoms with E-state index in [4.69, 9.17) is 14.2 Å². The number of hydrazone groups is 1. The lowest BCUT2D eigenvalue weighted by atomic mass is 9.84. The fourth-order valence-electron chi connectivity index (χ4n) is 4.55. The van der Waals surface area contributed by atoms with Gasteiger partial charge in [0, 0.05) is 26.0 Å². The third-order valence-corrected chi connectivity index (χ3v) is 6.78. The van der Waals surface area contributed by atoms with Crippen molar-refractivity contribution in [2.45, 2.75) is 31.7 Å². The molecule has 184 valence electrons. The van der Waals surface area contributed by atoms with Gasteiger partial charge in [-0.3, -0.25) is 9.59 Å². The Morgan fingerprint density at radius 3 is 2.63 bits per heavy atom. The highest BCUT2D eigenvalue weighted by molar-refractivity contribution is 6.03. The Kier molecular flexibility index (Phi) is 6.68. The lowest BCUT2D eigenvalue weighted by Crippen LogP contribution is -2.46. The molecule has 1 saturated carbocycles. The van der Waals surface area contributed by atoms with Crippen molar-refractivity contribution >= 4 is 17.5 Å². The average molecular weight is 482 g/mol. The predicted octanol–water partition coefficient (Wildman–Crippen LogP) is 3.51. The van der Waals surface area contributed by atoms with Crippen molar-refractivity contribution in [1.82, 2.24) is 9.91 Å². The standard InChI is InChI=1S/C26H28FN3O5/c1-33-12-11-29(26(32)18-3-2-4-18)15-25(31)30-22(19-7-10-23-24(13-19)35-16-34-23)14-21(28-30)17-5-8-20(27)9-6-17/h5-10,13,18,22H,2-4,11-12,14-16H2,1H3. The van der Waals surface area contributed by atoms with E-state index in [1.807, 2.05) is 18.2 Å². The minimum atomic E-state index is -0.389. The van der Waals surface area contributed by atoms with Gasteiger partial charge in [-0.1, -0.05) is 24.6 Å². The number of rotatable bonds is 8. The Balaban J connectivity index is 1.42. The predicted molar refractivity (Wildman–Crippen MR) is 126 cm³/mol. The van der Waals surface area contributed by atoms with Crippen LogP contribution in [0.3, 0.4) is 0 Å². The van der Waals surface area contributed by atoms with E-state index in [9.17, 15) is 14.0 Å². The highest BCUT2D eigenvalue weighted by Gasteiger charge is 2.36. The molecule has 0 radical (unpaired) electrons. The number of amides is 2. The zero-order chi connectivity index (χ0) is 24.4. The van der Waals surface area contributed by atoms with Gasteiger partial charge in [0.2, 0.25) is 12.7 Å². The molecule has 8 nitrogen and oxygen atoms in total. The summed E-state index contributed by atoms with van der Waals surface area (Å²) in [6.45, 7) is 0.761. The number of carbonyl (C=O) groups excluding carboxylic acids is 2. The van der Waals surface area contributed by atoms with Crippen molar-refractivity contribution in [2.75, 3.05) is 33.6 Å². The topological polar surface area (TPSA) is 80.7 Å². The normalized spacial score (nSPS) is 18.9. The molecule has 2 amide bonds. The van der Waals surface area contributed by atoms with Crippen LogP contribution in [0.4, 0.5) is 4.39 Å². The van der Waals surface area contributed by atoms with Crippen LogP contribution < -0.4 is 9.47 Å². The second kappa shape index (κ2) is 10.0. The first-order valence-electron chi connectivity index (χ1n) is 11.9. The molecule has 2 aromatic carbocycles. The molecule has 35 heavy (non-hydrogen) atoms. The average Bonchev–Trinajstić information content (AvgIpc) is 3.48. The molecule has 5 rings (SSSR count). The van der Waals surface area contributed by atoms with Crippen molar-refractivity contribution in [3.8, 4) is 11.5 Å². The second-order valence-electron chi connectivity index (χ2n) is 9.00. The Labute approximate surface area is 203 Å². The third-order valence-electron chi connectivity index (χ3n) is 6.78. The van der Waals surface area contributed by atoms with Gasteiger partial charge in [-0.25, -0.2) is 9.40 Å². The Bertz CT molecular complexity index is 1130. The number of methoxy groups -OCH3 is 1.